The number of hydrogen-bond donors (Lipinski definition) is 1. The van der Waals surface area contributed by atoms with Gasteiger partial charge in [-0.25, -0.2) is 0 Å². The highest BCUT2D eigenvalue weighted by molar-refractivity contribution is 9.10. The maximum atomic E-state index is 3.61. The third-order valence-corrected chi connectivity index (χ3v) is 3.76. The molecule has 0 aliphatic heterocycles. The Morgan fingerprint density at radius 3 is 2.53 bits per heavy atom. The monoisotopic (exact) mass is 298 g/mol. The third kappa shape index (κ3) is 5.19. The summed E-state index contributed by atoms with van der Waals surface area (Å²) in [6.07, 6.45) is 0. The molecule has 1 rings (SSSR count). The third-order valence-electron chi connectivity index (χ3n) is 3.02. The molecule has 0 atom stereocenters. The Bertz CT molecular complexity index is 335. The number of aryl methyl sites for hydroxylation is 1. The fourth-order valence-corrected chi connectivity index (χ4v) is 2.43. The highest BCUT2D eigenvalue weighted by Gasteiger charge is 2.01. The number of benzene rings is 1. The highest BCUT2D eigenvalue weighted by Crippen LogP contribution is 2.17. The van der Waals surface area contributed by atoms with Crippen LogP contribution in [0.15, 0.2) is 22.7 Å². The van der Waals surface area contributed by atoms with Crippen molar-refractivity contribution in [2.24, 2.45) is 0 Å². The van der Waals surface area contributed by atoms with Gasteiger partial charge in [-0.1, -0.05) is 41.9 Å². The quantitative estimate of drug-likeness (QED) is 0.778. The predicted molar refractivity (Wildman–Crippen MR) is 78.4 cm³/mol. The molecule has 0 radical (unpaired) electrons. The minimum Gasteiger partial charge on any atom is -0.311 e. The molecule has 0 aromatic heterocycles. The molecule has 1 aromatic carbocycles. The molecule has 2 nitrogen and oxygen atoms in total. The molecule has 0 spiro atoms. The van der Waals surface area contributed by atoms with Crippen LogP contribution in [-0.2, 0) is 6.54 Å². The van der Waals surface area contributed by atoms with Crippen molar-refractivity contribution in [3.8, 4) is 0 Å². The number of nitrogens with zero attached hydrogens (tertiary/aromatic N) is 1. The lowest BCUT2D eigenvalue weighted by molar-refractivity contribution is 0.302. The van der Waals surface area contributed by atoms with Gasteiger partial charge in [0.25, 0.3) is 0 Å². The van der Waals surface area contributed by atoms with Crippen LogP contribution < -0.4 is 5.32 Å². The maximum Gasteiger partial charge on any atom is 0.0222 e. The van der Waals surface area contributed by atoms with Gasteiger partial charge in [0.1, 0.15) is 0 Å². The van der Waals surface area contributed by atoms with Gasteiger partial charge in [0.2, 0.25) is 0 Å². The molecular weight excluding hydrogens is 276 g/mol. The summed E-state index contributed by atoms with van der Waals surface area (Å²) in [4.78, 5) is 2.43. The molecule has 3 heteroatoms. The van der Waals surface area contributed by atoms with Gasteiger partial charge < -0.3 is 10.2 Å². The number of rotatable bonds is 7. The lowest BCUT2D eigenvalue weighted by Crippen LogP contribution is -2.31. The first-order valence-electron chi connectivity index (χ1n) is 6.35. The van der Waals surface area contributed by atoms with Crippen LogP contribution in [0.4, 0.5) is 0 Å². The summed E-state index contributed by atoms with van der Waals surface area (Å²) in [5.41, 5.74) is 2.62. The van der Waals surface area contributed by atoms with Crippen LogP contribution in [0.25, 0.3) is 0 Å². The SMILES string of the molecule is CCN(CC)CCNCc1ccc(C)cc1Br. The first-order chi connectivity index (χ1) is 8.17. The van der Waals surface area contributed by atoms with Gasteiger partial charge in [-0.3, -0.25) is 0 Å². The summed E-state index contributed by atoms with van der Waals surface area (Å²) >= 11 is 3.61. The van der Waals surface area contributed by atoms with Crippen molar-refractivity contribution in [1.29, 1.82) is 0 Å². The van der Waals surface area contributed by atoms with Crippen molar-refractivity contribution in [3.05, 3.63) is 33.8 Å². The molecule has 1 N–H and O–H groups in total. The summed E-state index contributed by atoms with van der Waals surface area (Å²) in [5, 5.41) is 3.49. The normalized spacial score (nSPS) is 11.1. The van der Waals surface area contributed by atoms with Crippen molar-refractivity contribution in [1.82, 2.24) is 10.2 Å². The average molecular weight is 299 g/mol. The molecule has 96 valence electrons. The van der Waals surface area contributed by atoms with Crippen molar-refractivity contribution in [2.75, 3.05) is 26.2 Å². The van der Waals surface area contributed by atoms with Crippen LogP contribution in [0.2, 0.25) is 0 Å². The Hall–Kier alpha value is -0.380. The first-order valence-corrected chi connectivity index (χ1v) is 7.14. The van der Waals surface area contributed by atoms with Crippen molar-refractivity contribution >= 4 is 15.9 Å². The fourth-order valence-electron chi connectivity index (χ4n) is 1.80. The highest BCUT2D eigenvalue weighted by atomic mass is 79.9. The predicted octanol–water partition coefficient (Wildman–Crippen LogP) is 3.19. The van der Waals surface area contributed by atoms with E-state index in [1.807, 2.05) is 0 Å². The largest absolute Gasteiger partial charge is 0.311 e. The molecule has 0 unspecified atom stereocenters. The first kappa shape index (κ1) is 14.7. The van der Waals surface area contributed by atoms with E-state index in [2.05, 4.69) is 65.1 Å². The second-order valence-corrected chi connectivity index (χ2v) is 5.15. The lowest BCUT2D eigenvalue weighted by Gasteiger charge is -2.18. The van der Waals surface area contributed by atoms with Crippen LogP contribution in [0, 0.1) is 6.92 Å². The van der Waals surface area contributed by atoms with E-state index in [1.165, 1.54) is 15.6 Å². The Morgan fingerprint density at radius 1 is 1.24 bits per heavy atom. The molecule has 0 saturated carbocycles. The van der Waals surface area contributed by atoms with Crippen molar-refractivity contribution in [2.45, 2.75) is 27.3 Å². The lowest BCUT2D eigenvalue weighted by atomic mass is 10.1. The van der Waals surface area contributed by atoms with Crippen LogP contribution in [-0.4, -0.2) is 31.1 Å². The molecule has 17 heavy (non-hydrogen) atoms. The summed E-state index contributed by atoms with van der Waals surface area (Å²) in [5.74, 6) is 0. The molecular formula is C14H23BrN2. The van der Waals surface area contributed by atoms with E-state index in [-0.39, 0.29) is 0 Å². The number of hydrogen-bond acceptors (Lipinski definition) is 2. The van der Waals surface area contributed by atoms with E-state index in [9.17, 15) is 0 Å². The van der Waals surface area contributed by atoms with Gasteiger partial charge in [0.15, 0.2) is 0 Å². The minimum absolute atomic E-state index is 0.933. The second-order valence-electron chi connectivity index (χ2n) is 4.30. The second kappa shape index (κ2) is 7.85. The van der Waals surface area contributed by atoms with Gasteiger partial charge in [-0.15, -0.1) is 0 Å². The smallest absolute Gasteiger partial charge is 0.0222 e. The maximum absolute atomic E-state index is 3.61. The van der Waals surface area contributed by atoms with E-state index in [4.69, 9.17) is 0 Å². The Kier molecular flexibility index (Phi) is 6.78. The molecule has 0 amide bonds. The molecule has 0 saturated heterocycles. The van der Waals surface area contributed by atoms with Crippen LogP contribution >= 0.6 is 15.9 Å². The van der Waals surface area contributed by atoms with E-state index in [1.54, 1.807) is 0 Å². The average Bonchev–Trinajstić information content (AvgIpc) is 2.32. The standard InChI is InChI=1S/C14H23BrN2/c1-4-17(5-2)9-8-16-11-13-7-6-12(3)10-14(13)15/h6-7,10,16H,4-5,8-9,11H2,1-3H3. The molecule has 1 aromatic rings. The zero-order valence-electron chi connectivity index (χ0n) is 11.1. The Balaban J connectivity index is 2.31. The van der Waals surface area contributed by atoms with Gasteiger partial charge in [0.05, 0.1) is 0 Å². The van der Waals surface area contributed by atoms with Crippen molar-refractivity contribution < 1.29 is 0 Å². The molecule has 0 aliphatic rings. The number of halogens is 1. The van der Waals surface area contributed by atoms with E-state index in [0.29, 0.717) is 0 Å². The van der Waals surface area contributed by atoms with Crippen LogP contribution in [0.3, 0.4) is 0 Å². The van der Waals surface area contributed by atoms with Crippen molar-refractivity contribution in [3.63, 3.8) is 0 Å². The summed E-state index contributed by atoms with van der Waals surface area (Å²) in [7, 11) is 0. The Morgan fingerprint density at radius 2 is 1.94 bits per heavy atom. The molecule has 0 bridgehead atoms. The zero-order valence-corrected chi connectivity index (χ0v) is 12.7. The Labute approximate surface area is 114 Å². The van der Waals surface area contributed by atoms with E-state index in [0.717, 1.165) is 32.7 Å². The number of nitrogens with one attached hydrogen (secondary N) is 1. The van der Waals surface area contributed by atoms with Gasteiger partial charge in [-0.2, -0.15) is 0 Å². The van der Waals surface area contributed by atoms with E-state index < -0.39 is 0 Å². The fraction of sp³-hybridized carbons (Fsp3) is 0.571. The van der Waals surface area contributed by atoms with Gasteiger partial charge in [-0.05, 0) is 37.2 Å². The molecule has 0 heterocycles. The topological polar surface area (TPSA) is 15.3 Å². The summed E-state index contributed by atoms with van der Waals surface area (Å²) < 4.78 is 1.20. The molecule has 0 aliphatic carbocycles. The number of likely N-dealkylation sites (N-methyl/N-ethyl adjacent to an activating group) is 1. The summed E-state index contributed by atoms with van der Waals surface area (Å²) in [6, 6.07) is 6.51. The summed E-state index contributed by atoms with van der Waals surface area (Å²) in [6.45, 7) is 11.9. The van der Waals surface area contributed by atoms with Gasteiger partial charge >= 0.3 is 0 Å². The molecule has 0 fully saturated rings. The van der Waals surface area contributed by atoms with Gasteiger partial charge in [0, 0.05) is 24.1 Å². The zero-order chi connectivity index (χ0) is 12.7. The van der Waals surface area contributed by atoms with Crippen LogP contribution in [0.1, 0.15) is 25.0 Å². The minimum atomic E-state index is 0.933. The van der Waals surface area contributed by atoms with E-state index >= 15 is 0 Å². The van der Waals surface area contributed by atoms with Crippen LogP contribution in [0.5, 0.6) is 0 Å².